The van der Waals surface area contributed by atoms with Crippen LogP contribution < -0.4 is 0 Å². The van der Waals surface area contributed by atoms with Crippen LogP contribution >= 0.6 is 11.6 Å². The molecule has 3 N–H and O–H groups in total. The highest BCUT2D eigenvalue weighted by Gasteiger charge is 2.29. The van der Waals surface area contributed by atoms with E-state index in [-0.39, 0.29) is 10.6 Å². The van der Waals surface area contributed by atoms with E-state index in [2.05, 4.69) is 0 Å². The number of hydrogen-bond acceptors (Lipinski definition) is 3. The van der Waals surface area contributed by atoms with Crippen LogP contribution in [0.25, 0.3) is 0 Å². The van der Waals surface area contributed by atoms with Crippen molar-refractivity contribution in [2.45, 2.75) is 12.2 Å². The number of hydrogen-bond donors (Lipinski definition) is 3. The van der Waals surface area contributed by atoms with Gasteiger partial charge in [-0.15, -0.1) is 0 Å². The first-order valence-corrected chi connectivity index (χ1v) is 3.58. The summed E-state index contributed by atoms with van der Waals surface area (Å²) in [6.07, 6.45) is -0.354. The maximum atomic E-state index is 10.4. The molecular weight excluding hydrogens is 184 g/mol. The summed E-state index contributed by atoms with van der Waals surface area (Å²) in [6.45, 7) is 0. The van der Waals surface area contributed by atoms with Crippen molar-refractivity contribution in [3.05, 3.63) is 22.8 Å². The largest absolute Gasteiger partial charge is 0.478 e. The highest BCUT2D eigenvalue weighted by molar-refractivity contribution is 6.30. The summed E-state index contributed by atoms with van der Waals surface area (Å²) in [6, 6.07) is 0. The molecule has 0 bridgehead atoms. The Morgan fingerprint density at radius 2 is 1.92 bits per heavy atom. The molecule has 0 fully saturated rings. The zero-order chi connectivity index (χ0) is 9.30. The van der Waals surface area contributed by atoms with Crippen LogP contribution in [-0.4, -0.2) is 33.5 Å². The van der Waals surface area contributed by atoms with E-state index in [1.165, 1.54) is 12.2 Å². The molecule has 12 heavy (non-hydrogen) atoms. The third-order valence-electron chi connectivity index (χ3n) is 1.57. The second-order valence-corrected chi connectivity index (χ2v) is 2.80. The highest BCUT2D eigenvalue weighted by Crippen LogP contribution is 2.22. The maximum Gasteiger partial charge on any atom is 0.334 e. The number of rotatable bonds is 1. The van der Waals surface area contributed by atoms with E-state index in [1.807, 2.05) is 0 Å². The van der Waals surface area contributed by atoms with Crippen molar-refractivity contribution in [2.75, 3.05) is 0 Å². The molecule has 0 radical (unpaired) electrons. The van der Waals surface area contributed by atoms with Gasteiger partial charge in [-0.2, -0.15) is 0 Å². The summed E-state index contributed by atoms with van der Waals surface area (Å²) in [7, 11) is 0. The lowest BCUT2D eigenvalue weighted by molar-refractivity contribution is -0.134. The summed E-state index contributed by atoms with van der Waals surface area (Å²) < 4.78 is 0. The molecule has 2 unspecified atom stereocenters. The smallest absolute Gasteiger partial charge is 0.334 e. The van der Waals surface area contributed by atoms with Gasteiger partial charge in [0, 0.05) is 5.03 Å². The molecule has 2 atom stereocenters. The van der Waals surface area contributed by atoms with Gasteiger partial charge >= 0.3 is 5.97 Å². The van der Waals surface area contributed by atoms with E-state index in [1.54, 1.807) is 0 Å². The zero-order valence-corrected chi connectivity index (χ0v) is 6.69. The van der Waals surface area contributed by atoms with Crippen molar-refractivity contribution >= 4 is 17.6 Å². The fourth-order valence-corrected chi connectivity index (χ4v) is 1.07. The Balaban J connectivity index is 2.97. The molecule has 0 spiro atoms. The topological polar surface area (TPSA) is 77.8 Å². The van der Waals surface area contributed by atoms with Gasteiger partial charge in [-0.1, -0.05) is 11.6 Å². The van der Waals surface area contributed by atoms with Crippen LogP contribution in [-0.2, 0) is 4.79 Å². The number of halogens is 1. The summed E-state index contributed by atoms with van der Waals surface area (Å²) >= 11 is 5.45. The first-order valence-electron chi connectivity index (χ1n) is 3.20. The highest BCUT2D eigenvalue weighted by atomic mass is 35.5. The van der Waals surface area contributed by atoms with Crippen LogP contribution in [0.15, 0.2) is 22.8 Å². The molecule has 0 heterocycles. The predicted octanol–water partition coefficient (Wildman–Crippen LogP) is -0.144. The van der Waals surface area contributed by atoms with Crippen LogP contribution in [0.3, 0.4) is 0 Å². The SMILES string of the molecule is O=C(O)C1=CC=C(Cl)C(O)C1O. The molecule has 0 aromatic rings. The van der Waals surface area contributed by atoms with Crippen LogP contribution in [0, 0.1) is 0 Å². The van der Waals surface area contributed by atoms with E-state index in [4.69, 9.17) is 26.9 Å². The van der Waals surface area contributed by atoms with Gasteiger partial charge in [0.15, 0.2) is 0 Å². The quantitative estimate of drug-likeness (QED) is 0.538. The van der Waals surface area contributed by atoms with Gasteiger partial charge in [-0.25, -0.2) is 4.79 Å². The Morgan fingerprint density at radius 3 is 2.42 bits per heavy atom. The van der Waals surface area contributed by atoms with E-state index in [9.17, 15) is 4.79 Å². The van der Waals surface area contributed by atoms with Crippen molar-refractivity contribution in [3.8, 4) is 0 Å². The standard InChI is InChI=1S/C7H7ClO4/c8-4-2-1-3(7(11)12)5(9)6(4)10/h1-2,5-6,9-10H,(H,11,12). The van der Waals surface area contributed by atoms with Crippen molar-refractivity contribution in [1.29, 1.82) is 0 Å². The molecule has 1 aliphatic rings. The van der Waals surface area contributed by atoms with Gasteiger partial charge in [0.1, 0.15) is 12.2 Å². The molecule has 0 saturated heterocycles. The van der Waals surface area contributed by atoms with Crippen LogP contribution in [0.1, 0.15) is 0 Å². The number of aliphatic hydroxyl groups is 2. The van der Waals surface area contributed by atoms with Gasteiger partial charge in [0.2, 0.25) is 0 Å². The Labute approximate surface area is 73.4 Å². The minimum Gasteiger partial charge on any atom is -0.478 e. The second-order valence-electron chi connectivity index (χ2n) is 2.37. The van der Waals surface area contributed by atoms with E-state index in [0.29, 0.717) is 0 Å². The van der Waals surface area contributed by atoms with Gasteiger partial charge in [-0.05, 0) is 12.2 Å². The number of carboxylic acids is 1. The van der Waals surface area contributed by atoms with E-state index in [0.717, 1.165) is 0 Å². The molecule has 0 saturated carbocycles. The minimum absolute atomic E-state index is 0.0347. The van der Waals surface area contributed by atoms with Crippen molar-refractivity contribution in [1.82, 2.24) is 0 Å². The minimum atomic E-state index is -1.44. The normalized spacial score (nSPS) is 29.2. The second kappa shape index (κ2) is 3.26. The fraction of sp³-hybridized carbons (Fsp3) is 0.286. The van der Waals surface area contributed by atoms with Gasteiger partial charge in [0.25, 0.3) is 0 Å². The maximum absolute atomic E-state index is 10.4. The van der Waals surface area contributed by atoms with Gasteiger partial charge < -0.3 is 15.3 Å². The lowest BCUT2D eigenvalue weighted by Gasteiger charge is -2.20. The van der Waals surface area contributed by atoms with E-state index < -0.39 is 18.2 Å². The molecule has 1 aliphatic carbocycles. The lowest BCUT2D eigenvalue weighted by atomic mass is 9.99. The monoisotopic (exact) mass is 190 g/mol. The number of carbonyl (C=O) groups is 1. The Hall–Kier alpha value is -0.840. The average molecular weight is 191 g/mol. The Bertz CT molecular complexity index is 269. The van der Waals surface area contributed by atoms with Gasteiger partial charge in [-0.3, -0.25) is 0 Å². The molecule has 0 aromatic heterocycles. The third kappa shape index (κ3) is 1.50. The molecule has 0 aromatic carbocycles. The lowest BCUT2D eigenvalue weighted by Crippen LogP contribution is -2.33. The Morgan fingerprint density at radius 1 is 1.33 bits per heavy atom. The predicted molar refractivity (Wildman–Crippen MR) is 41.7 cm³/mol. The van der Waals surface area contributed by atoms with E-state index >= 15 is 0 Å². The fourth-order valence-electron chi connectivity index (χ4n) is 0.885. The third-order valence-corrected chi connectivity index (χ3v) is 1.92. The molecule has 1 rings (SSSR count). The van der Waals surface area contributed by atoms with Crippen molar-refractivity contribution in [3.63, 3.8) is 0 Å². The summed E-state index contributed by atoms with van der Waals surface area (Å²) in [5.41, 5.74) is -0.257. The van der Waals surface area contributed by atoms with Crippen LogP contribution in [0.2, 0.25) is 0 Å². The molecule has 0 aliphatic heterocycles. The summed E-state index contributed by atoms with van der Waals surface area (Å²) in [5, 5.41) is 26.8. The number of aliphatic hydroxyl groups excluding tert-OH is 2. The van der Waals surface area contributed by atoms with Gasteiger partial charge in [0.05, 0.1) is 5.57 Å². The number of aliphatic carboxylic acids is 1. The number of carboxylic acid groups (broad SMARTS) is 1. The van der Waals surface area contributed by atoms with Crippen molar-refractivity contribution < 1.29 is 20.1 Å². The average Bonchev–Trinajstić information content (AvgIpc) is 2.00. The molecule has 5 heteroatoms. The summed E-state index contributed by atoms with van der Waals surface area (Å²) in [4.78, 5) is 10.4. The molecule has 4 nitrogen and oxygen atoms in total. The molecule has 66 valence electrons. The zero-order valence-electron chi connectivity index (χ0n) is 5.94. The van der Waals surface area contributed by atoms with Crippen LogP contribution in [0.5, 0.6) is 0 Å². The van der Waals surface area contributed by atoms with Crippen molar-refractivity contribution in [2.24, 2.45) is 0 Å². The molecule has 0 amide bonds. The Kier molecular flexibility index (Phi) is 2.52. The first-order chi connectivity index (χ1) is 5.54. The first kappa shape index (κ1) is 9.25. The number of allylic oxidation sites excluding steroid dienone is 2. The molecular formula is C7H7ClO4. The summed E-state index contributed by atoms with van der Waals surface area (Å²) in [5.74, 6) is -1.26. The van der Waals surface area contributed by atoms with Crippen LogP contribution in [0.4, 0.5) is 0 Å².